The largest absolute Gasteiger partial charge is 0.319 e. The zero-order chi connectivity index (χ0) is 20.4. The van der Waals surface area contributed by atoms with Crippen LogP contribution in [0.3, 0.4) is 0 Å². The molecule has 0 aliphatic carbocycles. The van der Waals surface area contributed by atoms with Gasteiger partial charge in [-0.3, -0.25) is 9.59 Å². The molecule has 1 heterocycles. The Morgan fingerprint density at radius 1 is 0.897 bits per heavy atom. The summed E-state index contributed by atoms with van der Waals surface area (Å²) in [6, 6.07) is 16.8. The number of nitrogens with zero attached hydrogens (tertiary/aromatic N) is 1. The van der Waals surface area contributed by atoms with Crippen LogP contribution in [0.2, 0.25) is 0 Å². The fourth-order valence-corrected chi connectivity index (χ4v) is 3.49. The third-order valence-corrected chi connectivity index (χ3v) is 4.93. The van der Waals surface area contributed by atoms with Gasteiger partial charge in [0.05, 0.1) is 11.3 Å². The Morgan fingerprint density at radius 2 is 1.62 bits per heavy atom. The van der Waals surface area contributed by atoms with Gasteiger partial charge in [-0.25, -0.2) is 8.78 Å². The molecule has 1 N–H and O–H groups in total. The number of carbonyl (C=O) groups is 2. The van der Waals surface area contributed by atoms with Gasteiger partial charge in [0.1, 0.15) is 11.6 Å². The Balaban J connectivity index is 1.60. The number of rotatable bonds is 3. The summed E-state index contributed by atoms with van der Waals surface area (Å²) in [5, 5.41) is 2.56. The maximum absolute atomic E-state index is 14.0. The molecule has 0 aromatic heterocycles. The molecule has 0 saturated carbocycles. The molecule has 1 aliphatic rings. The number of nitrogens with one attached hydrogen (secondary N) is 1. The van der Waals surface area contributed by atoms with Gasteiger partial charge in [-0.15, -0.1) is 0 Å². The summed E-state index contributed by atoms with van der Waals surface area (Å²) in [6.45, 7) is 0.473. The van der Waals surface area contributed by atoms with Crippen molar-refractivity contribution in [2.24, 2.45) is 0 Å². The van der Waals surface area contributed by atoms with Crippen molar-refractivity contribution in [2.45, 2.75) is 12.8 Å². The van der Waals surface area contributed by atoms with Crippen molar-refractivity contribution >= 4 is 23.2 Å². The molecule has 4 nitrogen and oxygen atoms in total. The smallest absolute Gasteiger partial charge is 0.261 e. The quantitative estimate of drug-likeness (QED) is 0.695. The van der Waals surface area contributed by atoms with E-state index >= 15 is 0 Å². The standard InChI is InChI=1S/C23H18F2N2O2/c24-18-8-2-1-7-17(18)23(29)27-13-5-6-15-14-16(11-12-21(15)27)22(28)26-20-10-4-3-9-19(20)25/h1-4,7-12,14H,5-6,13H2,(H,26,28). The Kier molecular flexibility index (Phi) is 5.08. The van der Waals surface area contributed by atoms with Crippen molar-refractivity contribution in [3.8, 4) is 0 Å². The van der Waals surface area contributed by atoms with Gasteiger partial charge >= 0.3 is 0 Å². The number of halogens is 2. The number of hydrogen-bond donors (Lipinski definition) is 1. The van der Waals surface area contributed by atoms with Crippen LogP contribution in [0.4, 0.5) is 20.2 Å². The molecule has 0 unspecified atom stereocenters. The lowest BCUT2D eigenvalue weighted by molar-refractivity contribution is 0.0980. The molecule has 0 atom stereocenters. The van der Waals surface area contributed by atoms with Crippen LogP contribution in [0.5, 0.6) is 0 Å². The summed E-state index contributed by atoms with van der Waals surface area (Å²) in [7, 11) is 0. The van der Waals surface area contributed by atoms with E-state index in [1.807, 2.05) is 0 Å². The second kappa shape index (κ2) is 7.83. The zero-order valence-electron chi connectivity index (χ0n) is 15.5. The molecule has 0 saturated heterocycles. The van der Waals surface area contributed by atoms with Crippen molar-refractivity contribution in [1.29, 1.82) is 0 Å². The first-order valence-corrected chi connectivity index (χ1v) is 9.30. The molecule has 0 radical (unpaired) electrons. The SMILES string of the molecule is O=C(Nc1ccccc1F)c1ccc2c(c1)CCCN2C(=O)c1ccccc1F. The van der Waals surface area contributed by atoms with E-state index < -0.39 is 23.4 Å². The molecule has 0 fully saturated rings. The van der Waals surface area contributed by atoms with E-state index in [2.05, 4.69) is 5.32 Å². The van der Waals surface area contributed by atoms with Gasteiger partial charge in [-0.05, 0) is 60.9 Å². The number of anilines is 2. The number of aryl methyl sites for hydroxylation is 1. The van der Waals surface area contributed by atoms with Crippen molar-refractivity contribution in [3.63, 3.8) is 0 Å². The Hall–Kier alpha value is -3.54. The maximum atomic E-state index is 14.0. The number of hydrogen-bond acceptors (Lipinski definition) is 2. The minimum Gasteiger partial charge on any atom is -0.319 e. The van der Waals surface area contributed by atoms with Crippen LogP contribution in [-0.4, -0.2) is 18.4 Å². The molecule has 6 heteroatoms. The van der Waals surface area contributed by atoms with Gasteiger partial charge in [0.25, 0.3) is 11.8 Å². The predicted molar refractivity (Wildman–Crippen MR) is 107 cm³/mol. The summed E-state index contributed by atoms with van der Waals surface area (Å²) >= 11 is 0. The Bertz CT molecular complexity index is 1100. The second-order valence-electron chi connectivity index (χ2n) is 6.82. The monoisotopic (exact) mass is 392 g/mol. The average molecular weight is 392 g/mol. The van der Waals surface area contributed by atoms with E-state index in [4.69, 9.17) is 0 Å². The topological polar surface area (TPSA) is 49.4 Å². The van der Waals surface area contributed by atoms with Gasteiger partial charge in [0.15, 0.2) is 0 Å². The van der Waals surface area contributed by atoms with Crippen LogP contribution >= 0.6 is 0 Å². The number of fused-ring (bicyclic) bond motifs is 1. The molecule has 29 heavy (non-hydrogen) atoms. The first kappa shape index (κ1) is 18.8. The number of benzene rings is 3. The van der Waals surface area contributed by atoms with Crippen LogP contribution in [0, 0.1) is 11.6 Å². The highest BCUT2D eigenvalue weighted by Crippen LogP contribution is 2.30. The maximum Gasteiger partial charge on any atom is 0.261 e. The van der Waals surface area contributed by atoms with Gasteiger partial charge in [0, 0.05) is 17.8 Å². The summed E-state index contributed by atoms with van der Waals surface area (Å²) < 4.78 is 27.8. The molecule has 1 aliphatic heterocycles. The van der Waals surface area contributed by atoms with Crippen LogP contribution in [0.1, 0.15) is 32.7 Å². The highest BCUT2D eigenvalue weighted by atomic mass is 19.1. The second-order valence-corrected chi connectivity index (χ2v) is 6.82. The molecular formula is C23H18F2N2O2. The van der Waals surface area contributed by atoms with E-state index in [0.717, 1.165) is 5.56 Å². The molecular weight excluding hydrogens is 374 g/mol. The highest BCUT2D eigenvalue weighted by molar-refractivity contribution is 6.08. The number of amides is 2. The molecule has 146 valence electrons. The number of carbonyl (C=O) groups excluding carboxylic acids is 2. The average Bonchev–Trinajstić information content (AvgIpc) is 2.74. The highest BCUT2D eigenvalue weighted by Gasteiger charge is 2.26. The van der Waals surface area contributed by atoms with E-state index in [-0.39, 0.29) is 11.3 Å². The molecule has 4 rings (SSSR count). The van der Waals surface area contributed by atoms with Crippen LogP contribution in [0.25, 0.3) is 0 Å². The Labute approximate surface area is 166 Å². The third-order valence-electron chi connectivity index (χ3n) is 4.93. The lowest BCUT2D eigenvalue weighted by Crippen LogP contribution is -2.36. The van der Waals surface area contributed by atoms with Gasteiger partial charge < -0.3 is 10.2 Å². The normalized spacial score (nSPS) is 13.0. The zero-order valence-corrected chi connectivity index (χ0v) is 15.5. The van der Waals surface area contributed by atoms with Crippen LogP contribution < -0.4 is 10.2 Å². The molecule has 0 spiro atoms. The fraction of sp³-hybridized carbons (Fsp3) is 0.130. The van der Waals surface area contributed by atoms with E-state index in [9.17, 15) is 18.4 Å². The first-order chi connectivity index (χ1) is 14.0. The minimum atomic E-state index is -0.564. The molecule has 2 amide bonds. The minimum absolute atomic E-state index is 0.0155. The number of para-hydroxylation sites is 1. The van der Waals surface area contributed by atoms with Gasteiger partial charge in [0.2, 0.25) is 0 Å². The van der Waals surface area contributed by atoms with Crippen molar-refractivity contribution in [2.75, 3.05) is 16.8 Å². The third kappa shape index (κ3) is 3.74. The summed E-state index contributed by atoms with van der Waals surface area (Å²) in [6.07, 6.45) is 1.39. The lowest BCUT2D eigenvalue weighted by Gasteiger charge is -2.30. The van der Waals surface area contributed by atoms with E-state index in [0.29, 0.717) is 30.6 Å². The van der Waals surface area contributed by atoms with Crippen LogP contribution in [-0.2, 0) is 6.42 Å². The van der Waals surface area contributed by atoms with Crippen LogP contribution in [0.15, 0.2) is 66.7 Å². The molecule has 0 bridgehead atoms. The lowest BCUT2D eigenvalue weighted by atomic mass is 9.98. The van der Waals surface area contributed by atoms with E-state index in [1.54, 1.807) is 36.4 Å². The summed E-state index contributed by atoms with van der Waals surface area (Å²) in [5.74, 6) is -1.92. The Morgan fingerprint density at radius 3 is 2.38 bits per heavy atom. The summed E-state index contributed by atoms with van der Waals surface area (Å²) in [4.78, 5) is 26.9. The molecule has 3 aromatic carbocycles. The van der Waals surface area contributed by atoms with Crippen molar-refractivity contribution in [1.82, 2.24) is 0 Å². The van der Waals surface area contributed by atoms with Gasteiger partial charge in [-0.2, -0.15) is 0 Å². The first-order valence-electron chi connectivity index (χ1n) is 9.30. The van der Waals surface area contributed by atoms with E-state index in [1.165, 1.54) is 35.2 Å². The van der Waals surface area contributed by atoms with Crippen molar-refractivity contribution in [3.05, 3.63) is 95.1 Å². The van der Waals surface area contributed by atoms with Gasteiger partial charge in [-0.1, -0.05) is 24.3 Å². The summed E-state index contributed by atoms with van der Waals surface area (Å²) in [5.41, 5.74) is 1.97. The predicted octanol–water partition coefficient (Wildman–Crippen LogP) is 4.81. The molecule has 3 aromatic rings. The fourth-order valence-electron chi connectivity index (χ4n) is 3.49. The van der Waals surface area contributed by atoms with Crippen molar-refractivity contribution < 1.29 is 18.4 Å².